The summed E-state index contributed by atoms with van der Waals surface area (Å²) < 4.78 is 8.16. The Morgan fingerprint density at radius 1 is 1.33 bits per heavy atom. The fourth-order valence-corrected chi connectivity index (χ4v) is 4.09. The minimum atomic E-state index is -0.0387. The molecule has 3 heterocycles. The number of imidazole rings is 1. The highest BCUT2D eigenvalue weighted by Gasteiger charge is 2.39. The van der Waals surface area contributed by atoms with Gasteiger partial charge in [-0.2, -0.15) is 0 Å². The van der Waals surface area contributed by atoms with E-state index in [0.29, 0.717) is 25.1 Å². The molecule has 1 N–H and O–H groups in total. The number of nitrogens with zero attached hydrogens (tertiary/aromatic N) is 4. The maximum absolute atomic E-state index is 12.0. The van der Waals surface area contributed by atoms with Crippen LogP contribution in [0.2, 0.25) is 0 Å². The topological polar surface area (TPSA) is 70.8 Å². The molecule has 2 saturated heterocycles. The molecule has 2 fully saturated rings. The molecule has 7 heteroatoms. The molecule has 1 amide bonds. The Balaban J connectivity index is 1.46. The molecule has 0 saturated carbocycles. The van der Waals surface area contributed by atoms with Crippen molar-refractivity contribution in [3.63, 3.8) is 0 Å². The Morgan fingerprint density at radius 2 is 2.19 bits per heavy atom. The molecule has 2 aliphatic heterocycles. The molecule has 0 unspecified atom stereocenters. The van der Waals surface area contributed by atoms with Crippen molar-refractivity contribution in [3.05, 3.63) is 36.7 Å². The van der Waals surface area contributed by atoms with Gasteiger partial charge < -0.3 is 19.3 Å². The first-order valence-electron chi connectivity index (χ1n) is 9.39. The van der Waals surface area contributed by atoms with E-state index in [1.807, 2.05) is 24.5 Å². The van der Waals surface area contributed by atoms with Gasteiger partial charge in [0.05, 0.1) is 19.1 Å². The average molecular weight is 370 g/mol. The molecule has 144 valence electrons. The molecular formula is C20H26N4O3. The van der Waals surface area contributed by atoms with Crippen LogP contribution in [0.4, 0.5) is 0 Å². The lowest BCUT2D eigenvalue weighted by Crippen LogP contribution is -2.47. The summed E-state index contributed by atoms with van der Waals surface area (Å²) in [6, 6.07) is 7.89. The summed E-state index contributed by atoms with van der Waals surface area (Å²) in [5.74, 6) is 1.22. The van der Waals surface area contributed by atoms with E-state index >= 15 is 0 Å². The quantitative estimate of drug-likeness (QED) is 0.888. The van der Waals surface area contributed by atoms with E-state index in [2.05, 4.69) is 14.5 Å². The van der Waals surface area contributed by atoms with Gasteiger partial charge in [0, 0.05) is 57.2 Å². The Morgan fingerprint density at radius 3 is 2.96 bits per heavy atom. The number of aromatic hydroxyl groups is 1. The number of morpholine rings is 1. The molecule has 0 bridgehead atoms. The summed E-state index contributed by atoms with van der Waals surface area (Å²) in [5.41, 5.74) is 0.913. The van der Waals surface area contributed by atoms with Gasteiger partial charge in [-0.3, -0.25) is 9.69 Å². The smallest absolute Gasteiger partial charge is 0.224 e. The predicted molar refractivity (Wildman–Crippen MR) is 101 cm³/mol. The van der Waals surface area contributed by atoms with Crippen LogP contribution in [0.15, 0.2) is 36.7 Å². The van der Waals surface area contributed by atoms with Gasteiger partial charge in [-0.15, -0.1) is 0 Å². The lowest BCUT2D eigenvalue weighted by molar-refractivity contribution is -0.134. The van der Waals surface area contributed by atoms with Crippen LogP contribution in [0.3, 0.4) is 0 Å². The molecule has 27 heavy (non-hydrogen) atoms. The van der Waals surface area contributed by atoms with Crippen LogP contribution < -0.4 is 0 Å². The second-order valence-electron chi connectivity index (χ2n) is 7.65. The SMILES string of the molecule is CN(C)C(=O)C[C@H]1CN2C[C@H](n3ccnc3-c3cccc(O)c3)C[C@H]2CO1. The van der Waals surface area contributed by atoms with E-state index in [4.69, 9.17) is 4.74 Å². The highest BCUT2D eigenvalue weighted by atomic mass is 16.5. The minimum Gasteiger partial charge on any atom is -0.508 e. The van der Waals surface area contributed by atoms with Crippen molar-refractivity contribution >= 4 is 5.91 Å². The van der Waals surface area contributed by atoms with Gasteiger partial charge in [0.15, 0.2) is 0 Å². The Labute approximate surface area is 159 Å². The first-order valence-corrected chi connectivity index (χ1v) is 9.39. The third-order valence-electron chi connectivity index (χ3n) is 5.54. The normalized spacial score (nSPS) is 25.3. The van der Waals surface area contributed by atoms with E-state index in [1.165, 1.54) is 0 Å². The number of hydrogen-bond donors (Lipinski definition) is 1. The number of hydrogen-bond acceptors (Lipinski definition) is 5. The van der Waals surface area contributed by atoms with Gasteiger partial charge in [0.2, 0.25) is 5.91 Å². The molecule has 0 radical (unpaired) electrons. The molecule has 7 nitrogen and oxygen atoms in total. The lowest BCUT2D eigenvalue weighted by atomic mass is 10.1. The van der Waals surface area contributed by atoms with Crippen molar-refractivity contribution in [3.8, 4) is 17.1 Å². The maximum Gasteiger partial charge on any atom is 0.224 e. The Bertz CT molecular complexity index is 819. The number of ether oxygens (including phenoxy) is 1. The molecule has 1 aromatic carbocycles. The zero-order valence-corrected chi connectivity index (χ0v) is 15.8. The van der Waals surface area contributed by atoms with Crippen molar-refractivity contribution in [1.82, 2.24) is 19.4 Å². The summed E-state index contributed by atoms with van der Waals surface area (Å²) in [5, 5.41) is 9.78. The van der Waals surface area contributed by atoms with E-state index in [-0.39, 0.29) is 17.8 Å². The van der Waals surface area contributed by atoms with Gasteiger partial charge in [0.25, 0.3) is 0 Å². The van der Waals surface area contributed by atoms with Crippen LogP contribution in [0.25, 0.3) is 11.4 Å². The molecule has 0 aliphatic carbocycles. The Kier molecular flexibility index (Phi) is 4.88. The second kappa shape index (κ2) is 7.32. The predicted octanol–water partition coefficient (Wildman–Crippen LogP) is 1.75. The van der Waals surface area contributed by atoms with Gasteiger partial charge in [-0.1, -0.05) is 12.1 Å². The number of amides is 1. The van der Waals surface area contributed by atoms with Crippen LogP contribution in [0.1, 0.15) is 18.9 Å². The number of phenolic OH excluding ortho intramolecular Hbond substituents is 1. The maximum atomic E-state index is 12.0. The molecule has 4 rings (SSSR count). The van der Waals surface area contributed by atoms with Crippen LogP contribution in [-0.4, -0.2) is 76.3 Å². The summed E-state index contributed by atoms with van der Waals surface area (Å²) in [6.45, 7) is 2.37. The molecule has 3 atom stereocenters. The van der Waals surface area contributed by atoms with Crippen molar-refractivity contribution in [2.45, 2.75) is 31.0 Å². The third kappa shape index (κ3) is 3.70. The van der Waals surface area contributed by atoms with E-state index in [0.717, 1.165) is 30.9 Å². The van der Waals surface area contributed by atoms with Crippen molar-refractivity contribution in [1.29, 1.82) is 0 Å². The standard InChI is InChI=1S/C20H26N4O3/c1-22(2)19(26)10-18-12-23-11-15(9-16(23)13-27-18)24-7-6-21-20(24)14-4-3-5-17(25)8-14/h3-8,15-16,18,25H,9-13H2,1-2H3/t15-,16+,18+/m1/s1. The third-order valence-corrected chi connectivity index (χ3v) is 5.54. The van der Waals surface area contributed by atoms with E-state index < -0.39 is 0 Å². The summed E-state index contributed by atoms with van der Waals surface area (Å²) in [4.78, 5) is 20.6. The van der Waals surface area contributed by atoms with Gasteiger partial charge in [-0.05, 0) is 18.6 Å². The largest absolute Gasteiger partial charge is 0.508 e. The number of carbonyl (C=O) groups is 1. The highest BCUT2D eigenvalue weighted by Crippen LogP contribution is 2.34. The number of carbonyl (C=O) groups excluding carboxylic acids is 1. The fraction of sp³-hybridized carbons (Fsp3) is 0.500. The zero-order chi connectivity index (χ0) is 19.0. The van der Waals surface area contributed by atoms with Crippen LogP contribution in [0.5, 0.6) is 5.75 Å². The highest BCUT2D eigenvalue weighted by molar-refractivity contribution is 5.76. The number of rotatable bonds is 4. The van der Waals surface area contributed by atoms with Crippen molar-refractivity contribution in [2.24, 2.45) is 0 Å². The number of benzene rings is 1. The van der Waals surface area contributed by atoms with Crippen molar-refractivity contribution < 1.29 is 14.6 Å². The summed E-state index contributed by atoms with van der Waals surface area (Å²) in [6.07, 6.45) is 5.21. The van der Waals surface area contributed by atoms with Crippen LogP contribution >= 0.6 is 0 Å². The van der Waals surface area contributed by atoms with Crippen LogP contribution in [-0.2, 0) is 9.53 Å². The number of fused-ring (bicyclic) bond motifs is 1. The van der Waals surface area contributed by atoms with E-state index in [9.17, 15) is 9.90 Å². The molecule has 2 aliphatic rings. The zero-order valence-electron chi connectivity index (χ0n) is 15.8. The van der Waals surface area contributed by atoms with Gasteiger partial charge >= 0.3 is 0 Å². The lowest BCUT2D eigenvalue weighted by Gasteiger charge is -2.35. The molecule has 0 spiro atoms. The Hall–Kier alpha value is -2.38. The molecule has 2 aromatic rings. The van der Waals surface area contributed by atoms with Gasteiger partial charge in [-0.25, -0.2) is 4.98 Å². The second-order valence-corrected chi connectivity index (χ2v) is 7.65. The van der Waals surface area contributed by atoms with Crippen molar-refractivity contribution in [2.75, 3.05) is 33.8 Å². The number of phenols is 1. The van der Waals surface area contributed by atoms with Gasteiger partial charge in [0.1, 0.15) is 11.6 Å². The number of aromatic nitrogens is 2. The average Bonchev–Trinajstić information content (AvgIpc) is 3.27. The van der Waals surface area contributed by atoms with E-state index in [1.54, 1.807) is 31.1 Å². The molecule has 1 aromatic heterocycles. The summed E-state index contributed by atoms with van der Waals surface area (Å²) in [7, 11) is 3.56. The first kappa shape index (κ1) is 18.0. The fourth-order valence-electron chi connectivity index (χ4n) is 4.09. The monoisotopic (exact) mass is 370 g/mol. The molecular weight excluding hydrogens is 344 g/mol. The van der Waals surface area contributed by atoms with Crippen LogP contribution in [0, 0.1) is 0 Å². The first-order chi connectivity index (χ1) is 13.0. The summed E-state index contributed by atoms with van der Waals surface area (Å²) >= 11 is 0. The minimum absolute atomic E-state index is 0.0387.